The number of nitrogens with zero attached hydrogens (tertiary/aromatic N) is 2. The van der Waals surface area contributed by atoms with Gasteiger partial charge in [0.2, 0.25) is 0 Å². The zero-order valence-electron chi connectivity index (χ0n) is 53.7. The van der Waals surface area contributed by atoms with Crippen LogP contribution in [0, 0.1) is 5.92 Å². The van der Waals surface area contributed by atoms with E-state index in [1.54, 1.807) is 0 Å². The highest BCUT2D eigenvalue weighted by Crippen LogP contribution is 2.51. The number of fused-ring (bicyclic) bond motifs is 21. The van der Waals surface area contributed by atoms with Crippen LogP contribution in [0.5, 0.6) is 0 Å². The van der Waals surface area contributed by atoms with Crippen LogP contribution in [-0.2, 0) is 6.42 Å². The van der Waals surface area contributed by atoms with Gasteiger partial charge in [0.25, 0.3) is 0 Å². The molecule has 16 aromatic carbocycles. The van der Waals surface area contributed by atoms with Gasteiger partial charge >= 0.3 is 0 Å². The van der Waals surface area contributed by atoms with E-state index < -0.39 is 0 Å². The van der Waals surface area contributed by atoms with Gasteiger partial charge in [-0.2, -0.15) is 0 Å². The molecular weight excluding hydrogens is 1170 g/mol. The van der Waals surface area contributed by atoms with Crippen LogP contribution >= 0.6 is 0 Å². The molecule has 2 heterocycles. The summed E-state index contributed by atoms with van der Waals surface area (Å²) in [5.74, 6) is 0.654. The van der Waals surface area contributed by atoms with Crippen LogP contribution in [0.3, 0.4) is 0 Å². The summed E-state index contributed by atoms with van der Waals surface area (Å²) in [4.78, 5) is 0. The number of hydrogen-bond donors (Lipinski definition) is 0. The molecule has 97 heavy (non-hydrogen) atoms. The van der Waals surface area contributed by atoms with E-state index >= 15 is 0 Å². The first-order valence-electron chi connectivity index (χ1n) is 34.3. The van der Waals surface area contributed by atoms with Crippen molar-refractivity contribution in [2.24, 2.45) is 5.92 Å². The smallest absolute Gasteiger partial charge is 0.0626 e. The van der Waals surface area contributed by atoms with Gasteiger partial charge < -0.3 is 9.13 Å². The molecule has 2 atom stereocenters. The van der Waals surface area contributed by atoms with E-state index in [0.717, 1.165) is 12.8 Å². The van der Waals surface area contributed by atoms with Crippen molar-refractivity contribution in [3.63, 3.8) is 0 Å². The normalized spacial score (nSPS) is 14.6. The lowest BCUT2D eigenvalue weighted by Crippen LogP contribution is -2.05. The molecule has 0 N–H and O–H groups in total. The predicted octanol–water partition coefficient (Wildman–Crippen LogP) is 25.9. The Bertz CT molecular complexity index is 6430. The molecule has 2 aromatic heterocycles. The summed E-state index contributed by atoms with van der Waals surface area (Å²) in [5.41, 5.74) is 22.3. The first-order valence-corrected chi connectivity index (χ1v) is 34.3. The van der Waals surface area contributed by atoms with Gasteiger partial charge in [0.05, 0.1) is 22.2 Å². The van der Waals surface area contributed by atoms with Crippen molar-refractivity contribution in [1.29, 1.82) is 0 Å². The maximum absolute atomic E-state index is 2.59. The summed E-state index contributed by atoms with van der Waals surface area (Å²) >= 11 is 0. The largest absolute Gasteiger partial charge is 0.309 e. The van der Waals surface area contributed by atoms with Crippen LogP contribution in [0.2, 0.25) is 0 Å². The number of benzene rings is 16. The highest BCUT2D eigenvalue weighted by atomic mass is 15.0. The fourth-order valence-corrected chi connectivity index (χ4v) is 17.1. The van der Waals surface area contributed by atoms with E-state index in [4.69, 9.17) is 0 Å². The molecule has 0 spiro atoms. The molecule has 2 unspecified atom stereocenters. The Hall–Kier alpha value is -12.1. The number of hydrogen-bond acceptors (Lipinski definition) is 0. The van der Waals surface area contributed by atoms with Crippen molar-refractivity contribution in [1.82, 2.24) is 9.13 Å². The Kier molecular flexibility index (Phi) is 12.6. The molecule has 2 aliphatic carbocycles. The molecule has 2 nitrogen and oxygen atoms in total. The van der Waals surface area contributed by atoms with Gasteiger partial charge in [-0.05, 0) is 205 Å². The van der Waals surface area contributed by atoms with Gasteiger partial charge in [-0.25, -0.2) is 0 Å². The van der Waals surface area contributed by atoms with E-state index in [0.29, 0.717) is 5.92 Å². The van der Waals surface area contributed by atoms with E-state index in [2.05, 4.69) is 350 Å². The zero-order chi connectivity index (χ0) is 63.8. The van der Waals surface area contributed by atoms with Crippen LogP contribution in [0.4, 0.5) is 0 Å². The summed E-state index contributed by atoms with van der Waals surface area (Å²) in [6, 6.07) is 112. The summed E-state index contributed by atoms with van der Waals surface area (Å²) in [6.45, 7) is 2.36. The lowest BCUT2D eigenvalue weighted by Gasteiger charge is -2.22. The molecule has 454 valence electrons. The van der Waals surface area contributed by atoms with Crippen molar-refractivity contribution in [2.75, 3.05) is 0 Å². The van der Waals surface area contributed by atoms with E-state index in [1.165, 1.54) is 192 Å². The van der Waals surface area contributed by atoms with Crippen molar-refractivity contribution < 1.29 is 0 Å². The third-order valence-corrected chi connectivity index (χ3v) is 21.5. The standard InChI is InChI=1S/C95H64N2/c1-59-40-50-89-86(52-59)93-91-76-34-15-11-30-72(76)81(64-24-7-3-8-25-64)57-84(91)74-32-13-17-36-78(74)94(93)96(89)71-49-47-63-45-46-67(54-70(63)55-71)62-43-41-61(42-44-62)66-28-21-29-69(53-66)82-58-85-75-33-14-18-37-79(75)95-92(90(85)77-35-16-12-31-73(77)82)80-38-19-20-39-87(80)97(95)88-51-48-68(60-22-5-2-6-23-60)56-83(88)65-26-9-4-10-27-65/h2-26,28-51,53-59,65H,27,52H2,1H3. The van der Waals surface area contributed by atoms with Crippen LogP contribution in [0.1, 0.15) is 36.1 Å². The van der Waals surface area contributed by atoms with E-state index in [9.17, 15) is 0 Å². The number of aromatic nitrogens is 2. The molecule has 20 rings (SSSR count). The molecule has 2 aliphatic rings. The second-order valence-electron chi connectivity index (χ2n) is 27.0. The van der Waals surface area contributed by atoms with Crippen LogP contribution in [0.15, 0.2) is 328 Å². The van der Waals surface area contributed by atoms with Gasteiger partial charge in [0.1, 0.15) is 0 Å². The lowest BCUT2D eigenvalue weighted by molar-refractivity contribution is 0.718. The highest BCUT2D eigenvalue weighted by molar-refractivity contribution is 6.38. The molecule has 0 radical (unpaired) electrons. The van der Waals surface area contributed by atoms with Gasteiger partial charge in [0, 0.05) is 49.6 Å². The van der Waals surface area contributed by atoms with Crippen molar-refractivity contribution in [3.05, 3.63) is 344 Å². The average Bonchev–Trinajstić information content (AvgIpc) is 1.60. The van der Waals surface area contributed by atoms with Crippen LogP contribution in [0.25, 0.3) is 181 Å². The van der Waals surface area contributed by atoms with Crippen molar-refractivity contribution in [3.8, 4) is 67.0 Å². The molecule has 0 aliphatic heterocycles. The fourth-order valence-electron chi connectivity index (χ4n) is 17.1. The topological polar surface area (TPSA) is 9.86 Å². The first kappa shape index (κ1) is 55.4. The molecule has 18 aromatic rings. The van der Waals surface area contributed by atoms with Gasteiger partial charge in [-0.15, -0.1) is 0 Å². The lowest BCUT2D eigenvalue weighted by atomic mass is 9.86. The Morgan fingerprint density at radius 2 is 0.835 bits per heavy atom. The minimum atomic E-state index is 0.232. The van der Waals surface area contributed by atoms with E-state index in [1.807, 2.05) is 0 Å². The molecule has 2 heteroatoms. The maximum Gasteiger partial charge on any atom is 0.0626 e. The Balaban J connectivity index is 0.693. The van der Waals surface area contributed by atoms with Gasteiger partial charge in [-0.3, -0.25) is 0 Å². The van der Waals surface area contributed by atoms with E-state index in [-0.39, 0.29) is 5.92 Å². The number of rotatable bonds is 8. The van der Waals surface area contributed by atoms with Crippen molar-refractivity contribution >= 4 is 114 Å². The average molecular weight is 1230 g/mol. The second-order valence-corrected chi connectivity index (χ2v) is 27.0. The first-order chi connectivity index (χ1) is 48.0. The summed E-state index contributed by atoms with van der Waals surface area (Å²) in [6.07, 6.45) is 15.8. The third kappa shape index (κ3) is 8.66. The van der Waals surface area contributed by atoms with Gasteiger partial charge in [-0.1, -0.05) is 280 Å². The quantitative estimate of drug-likeness (QED) is 0.134. The summed E-state index contributed by atoms with van der Waals surface area (Å²) in [7, 11) is 0. The Morgan fingerprint density at radius 1 is 0.320 bits per heavy atom. The molecular formula is C95H64N2. The Morgan fingerprint density at radius 3 is 1.52 bits per heavy atom. The molecule has 0 amide bonds. The SMILES string of the molecule is CC1C=Cc2c(c3c4c5ccccc5c(-c5ccccc5)cc4c4ccccc4c3n2-c2ccc3ccc(-c4ccc(-c5cccc(-c6cc7c8ccccc8c8c(c9ccccc9n8-c8ccc(-c9ccccc9)cc8C8C=CC=CC8)c7c7ccccc67)c5)cc4)cc3c2)C1. The summed E-state index contributed by atoms with van der Waals surface area (Å²) in [5, 5.41) is 21.7. The van der Waals surface area contributed by atoms with Gasteiger partial charge in [0.15, 0.2) is 0 Å². The zero-order valence-corrected chi connectivity index (χ0v) is 53.7. The van der Waals surface area contributed by atoms with Crippen LogP contribution in [-0.4, -0.2) is 9.13 Å². The third-order valence-electron chi connectivity index (χ3n) is 21.5. The molecule has 0 fully saturated rings. The minimum absolute atomic E-state index is 0.232. The summed E-state index contributed by atoms with van der Waals surface area (Å²) < 4.78 is 5.18. The number of para-hydroxylation sites is 1. The fraction of sp³-hybridized carbons (Fsp3) is 0.0526. The van der Waals surface area contributed by atoms with Crippen molar-refractivity contribution in [2.45, 2.75) is 25.7 Å². The van der Waals surface area contributed by atoms with Crippen LogP contribution < -0.4 is 0 Å². The molecule has 0 bridgehead atoms. The Labute approximate surface area is 562 Å². The second kappa shape index (κ2) is 22.0. The number of allylic oxidation sites excluding steroid dienone is 5. The highest BCUT2D eigenvalue weighted by Gasteiger charge is 2.29. The monoisotopic (exact) mass is 1230 g/mol. The maximum atomic E-state index is 2.59. The predicted molar refractivity (Wildman–Crippen MR) is 415 cm³/mol. The molecule has 0 saturated heterocycles. The minimum Gasteiger partial charge on any atom is -0.309 e. The molecule has 0 saturated carbocycles.